The fourth-order valence-corrected chi connectivity index (χ4v) is 6.76. The number of ether oxygens (including phenoxy) is 1. The molecule has 0 radical (unpaired) electrons. The van der Waals surface area contributed by atoms with E-state index in [9.17, 15) is 31.2 Å². The lowest BCUT2D eigenvalue weighted by atomic mass is 10.1. The number of carbonyl (C=O) groups excluding carboxylic acids is 3. The summed E-state index contributed by atoms with van der Waals surface area (Å²) in [7, 11) is -7.25. The Kier molecular flexibility index (Phi) is 9.36. The molecule has 4 N–H and O–H groups in total. The number of thioether (sulfide) groups is 1. The summed E-state index contributed by atoms with van der Waals surface area (Å²) in [5, 5.41) is 7.54. The Balaban J connectivity index is 2.40. The number of rotatable bonds is 8. The zero-order chi connectivity index (χ0) is 26.8. The number of imide groups is 1. The number of benzene rings is 1. The van der Waals surface area contributed by atoms with E-state index in [0.29, 0.717) is 12.2 Å². The van der Waals surface area contributed by atoms with Crippen LogP contribution in [0.15, 0.2) is 21.9 Å². The fourth-order valence-electron chi connectivity index (χ4n) is 3.51. The molecule has 0 spiro atoms. The number of carbonyl (C=O) groups is 3. The van der Waals surface area contributed by atoms with Crippen molar-refractivity contribution in [2.45, 2.75) is 43.1 Å². The molecule has 1 heterocycles. The summed E-state index contributed by atoms with van der Waals surface area (Å²) >= 11 is 7.06. The molecule has 35 heavy (non-hydrogen) atoms. The van der Waals surface area contributed by atoms with Gasteiger partial charge in [0.05, 0.1) is 30.3 Å². The molecule has 1 aliphatic heterocycles. The van der Waals surface area contributed by atoms with Crippen LogP contribution >= 0.6 is 23.4 Å². The average Bonchev–Trinajstić information content (AvgIpc) is 2.70. The van der Waals surface area contributed by atoms with E-state index in [1.165, 1.54) is 14.0 Å². The van der Waals surface area contributed by atoms with Gasteiger partial charge in [-0.15, -0.1) is 0 Å². The second-order valence-corrected chi connectivity index (χ2v) is 13.0. The molecule has 196 valence electrons. The van der Waals surface area contributed by atoms with Crippen molar-refractivity contribution in [3.8, 4) is 0 Å². The Morgan fingerprint density at radius 1 is 1.31 bits per heavy atom. The molecule has 12 nitrogen and oxygen atoms in total. The van der Waals surface area contributed by atoms with Gasteiger partial charge in [0.15, 0.2) is 5.12 Å². The van der Waals surface area contributed by atoms with Crippen molar-refractivity contribution < 1.29 is 40.4 Å². The SMILES string of the molecule is CCOC(=O)[N+](C)(CC1Nc2cc(Cl)c(S(N)(=O)=O)cc2S(=O)(=O)N1)C(=O)C(C)CCSC(C)=O. The minimum absolute atomic E-state index is 0.00682. The normalized spacial score (nSPS) is 19.5. The Morgan fingerprint density at radius 2 is 1.94 bits per heavy atom. The molecule has 0 aliphatic carbocycles. The number of sulfonamides is 2. The van der Waals surface area contributed by atoms with Crippen molar-refractivity contribution in [2.75, 3.05) is 31.3 Å². The largest absolute Gasteiger partial charge is 0.523 e. The van der Waals surface area contributed by atoms with Crippen molar-refractivity contribution in [1.29, 1.82) is 0 Å². The van der Waals surface area contributed by atoms with E-state index < -0.39 is 58.4 Å². The number of nitrogens with two attached hydrogens (primary N) is 1. The summed E-state index contributed by atoms with van der Waals surface area (Å²) < 4.78 is 55.8. The molecule has 3 unspecified atom stereocenters. The maximum absolute atomic E-state index is 13.3. The third kappa shape index (κ3) is 6.93. The number of hydrogen-bond donors (Lipinski definition) is 3. The highest BCUT2D eigenvalue weighted by atomic mass is 35.5. The monoisotopic (exact) mass is 571 g/mol. The number of nitrogens with zero attached hydrogens (tertiary/aromatic N) is 1. The molecule has 0 fully saturated rings. The Hall–Kier alpha value is -1.75. The Labute approximate surface area is 213 Å². The van der Waals surface area contributed by atoms with Gasteiger partial charge in [0.2, 0.25) is 20.0 Å². The summed E-state index contributed by atoms with van der Waals surface area (Å²) in [5.41, 5.74) is -0.0279. The second kappa shape index (κ2) is 11.1. The van der Waals surface area contributed by atoms with E-state index in [1.54, 1.807) is 13.8 Å². The van der Waals surface area contributed by atoms with Gasteiger partial charge in [-0.1, -0.05) is 23.4 Å². The smallest absolute Gasteiger partial charge is 0.420 e. The summed E-state index contributed by atoms with van der Waals surface area (Å²) in [5.74, 6) is -0.796. The molecule has 2 rings (SSSR count). The minimum atomic E-state index is -4.29. The van der Waals surface area contributed by atoms with Crippen LogP contribution in [0.1, 0.15) is 27.2 Å². The number of anilines is 1. The van der Waals surface area contributed by atoms with Crippen LogP contribution in [0.25, 0.3) is 0 Å². The molecule has 0 bridgehead atoms. The number of halogens is 1. The van der Waals surface area contributed by atoms with E-state index in [1.807, 2.05) is 0 Å². The van der Waals surface area contributed by atoms with Gasteiger partial charge in [-0.3, -0.25) is 4.79 Å². The van der Waals surface area contributed by atoms with Crippen LogP contribution in [0.3, 0.4) is 0 Å². The first-order valence-corrected chi connectivity index (χ1v) is 14.8. The molecule has 0 saturated carbocycles. The molecule has 1 aromatic carbocycles. The van der Waals surface area contributed by atoms with E-state index >= 15 is 0 Å². The van der Waals surface area contributed by atoms with Crippen molar-refractivity contribution in [3.05, 3.63) is 17.2 Å². The minimum Gasteiger partial charge on any atom is -0.420 e. The van der Waals surface area contributed by atoms with Crippen LogP contribution in [0.2, 0.25) is 5.02 Å². The standard InChI is InChI=1S/C19H28ClN4O8S3/c1-5-32-19(27)24(4,18(26)11(2)6-7-33-12(3)25)10-17-22-14-8-13(20)15(34(21,28)29)9-16(14)35(30,31)23-17/h8-9,11,17,22-23H,5-7,10H2,1-4H3,(H2,21,28,29)/q+1. The molecule has 16 heteroatoms. The highest BCUT2D eigenvalue weighted by Crippen LogP contribution is 2.34. The van der Waals surface area contributed by atoms with Gasteiger partial charge in [-0.25, -0.2) is 26.8 Å². The lowest BCUT2D eigenvalue weighted by molar-refractivity contribution is -0.764. The maximum Gasteiger partial charge on any atom is 0.523 e. The van der Waals surface area contributed by atoms with Crippen LogP contribution in [-0.2, 0) is 34.4 Å². The van der Waals surface area contributed by atoms with Crippen LogP contribution in [0, 0.1) is 5.92 Å². The Bertz CT molecular complexity index is 1240. The number of nitrogens with one attached hydrogen (secondary N) is 2. The predicted molar refractivity (Wildman–Crippen MR) is 131 cm³/mol. The lowest BCUT2D eigenvalue weighted by Crippen LogP contribution is -2.63. The third-order valence-corrected chi connectivity index (χ3v) is 8.97. The highest BCUT2D eigenvalue weighted by molar-refractivity contribution is 8.13. The number of hydrogen-bond acceptors (Lipinski definition) is 10. The van der Waals surface area contributed by atoms with Crippen LogP contribution in [0.5, 0.6) is 0 Å². The quantitative estimate of drug-likeness (QED) is 0.386. The van der Waals surface area contributed by atoms with Crippen molar-refractivity contribution in [1.82, 2.24) is 4.72 Å². The molecule has 0 saturated heterocycles. The average molecular weight is 572 g/mol. The fraction of sp³-hybridized carbons (Fsp3) is 0.526. The van der Waals surface area contributed by atoms with Crippen molar-refractivity contribution >= 4 is 66.2 Å². The number of fused-ring (bicyclic) bond motifs is 1. The molecule has 2 amide bonds. The second-order valence-electron chi connectivity index (χ2n) is 8.08. The topological polar surface area (TPSA) is 179 Å². The molecule has 1 aromatic rings. The number of amides is 2. The number of quaternary nitrogens is 1. The molecule has 3 atom stereocenters. The zero-order valence-electron chi connectivity index (χ0n) is 19.5. The molecule has 1 aliphatic rings. The summed E-state index contributed by atoms with van der Waals surface area (Å²) in [6.45, 7) is 4.22. The van der Waals surface area contributed by atoms with Crippen molar-refractivity contribution in [2.24, 2.45) is 11.1 Å². The summed E-state index contributed by atoms with van der Waals surface area (Å²) in [4.78, 5) is 36.4. The first-order chi connectivity index (χ1) is 16.0. The van der Waals surface area contributed by atoms with E-state index in [-0.39, 0.29) is 29.0 Å². The van der Waals surface area contributed by atoms with E-state index in [2.05, 4.69) is 10.0 Å². The Morgan fingerprint density at radius 3 is 2.49 bits per heavy atom. The van der Waals surface area contributed by atoms with Gasteiger partial charge in [-0.2, -0.15) is 14.0 Å². The maximum atomic E-state index is 13.3. The van der Waals surface area contributed by atoms with Gasteiger partial charge in [0.1, 0.15) is 22.5 Å². The van der Waals surface area contributed by atoms with Crippen molar-refractivity contribution in [3.63, 3.8) is 0 Å². The van der Waals surface area contributed by atoms with Crippen LogP contribution in [-0.4, -0.2) is 70.6 Å². The van der Waals surface area contributed by atoms with Gasteiger partial charge in [-0.05, 0) is 32.4 Å². The highest BCUT2D eigenvalue weighted by Gasteiger charge is 2.48. The molecular formula is C19H28ClN4O8S3+. The number of primary sulfonamides is 1. The van der Waals surface area contributed by atoms with Gasteiger partial charge in [0.25, 0.3) is 0 Å². The summed E-state index contributed by atoms with van der Waals surface area (Å²) in [6.07, 6.45) is -1.71. The van der Waals surface area contributed by atoms with Gasteiger partial charge >= 0.3 is 12.0 Å². The van der Waals surface area contributed by atoms with Crippen LogP contribution < -0.4 is 15.2 Å². The predicted octanol–water partition coefficient (Wildman–Crippen LogP) is 1.45. The van der Waals surface area contributed by atoms with E-state index in [4.69, 9.17) is 21.5 Å². The lowest BCUT2D eigenvalue weighted by Gasteiger charge is -2.35. The van der Waals surface area contributed by atoms with E-state index in [0.717, 1.165) is 23.9 Å². The first kappa shape index (κ1) is 29.5. The van der Waals surface area contributed by atoms with Gasteiger partial charge in [0, 0.05) is 12.7 Å². The summed E-state index contributed by atoms with van der Waals surface area (Å²) in [6, 6.07) is 1.93. The van der Waals surface area contributed by atoms with Gasteiger partial charge < -0.3 is 10.1 Å². The molecular weight excluding hydrogens is 544 g/mol. The third-order valence-electron chi connectivity index (χ3n) is 5.24. The zero-order valence-corrected chi connectivity index (χ0v) is 22.7. The molecule has 0 aromatic heterocycles. The van der Waals surface area contributed by atoms with Crippen LogP contribution in [0.4, 0.5) is 10.5 Å². The first-order valence-electron chi connectivity index (χ1n) is 10.4. The number of likely N-dealkylation sites (N-methyl/N-ethyl adjacent to an activating group) is 1.